The van der Waals surface area contributed by atoms with Crippen LogP contribution in [0.15, 0.2) is 0 Å². The molecule has 2 heteroatoms. The number of carbonyl (C=O) groups is 1. The minimum Gasteiger partial charge on any atom is -0.307 e. The van der Waals surface area contributed by atoms with E-state index in [-0.39, 0.29) is 6.04 Å². The van der Waals surface area contributed by atoms with E-state index in [1.165, 1.54) is 25.7 Å². The Hall–Kier alpha value is -0.370. The second-order valence-electron chi connectivity index (χ2n) is 4.92. The summed E-state index contributed by atoms with van der Waals surface area (Å²) >= 11 is 0. The van der Waals surface area contributed by atoms with Gasteiger partial charge in [0.1, 0.15) is 0 Å². The quantitative estimate of drug-likeness (QED) is 0.731. The molecular formula is C12H21NO. The molecule has 1 heterocycles. The van der Waals surface area contributed by atoms with Crippen LogP contribution in [0.1, 0.15) is 45.4 Å². The van der Waals surface area contributed by atoms with Crippen molar-refractivity contribution in [3.63, 3.8) is 0 Å². The van der Waals surface area contributed by atoms with Crippen molar-refractivity contribution in [2.45, 2.75) is 51.5 Å². The molecule has 1 aliphatic carbocycles. The first-order valence-electron chi connectivity index (χ1n) is 6.06. The molecule has 0 radical (unpaired) electrons. The van der Waals surface area contributed by atoms with Crippen LogP contribution in [0.4, 0.5) is 0 Å². The largest absolute Gasteiger partial charge is 0.307 e. The van der Waals surface area contributed by atoms with Crippen molar-refractivity contribution in [1.82, 2.24) is 5.32 Å². The van der Waals surface area contributed by atoms with E-state index in [9.17, 15) is 4.79 Å². The van der Waals surface area contributed by atoms with Crippen LogP contribution < -0.4 is 5.32 Å². The topological polar surface area (TPSA) is 29.1 Å². The van der Waals surface area contributed by atoms with E-state index in [4.69, 9.17) is 0 Å². The summed E-state index contributed by atoms with van der Waals surface area (Å²) in [7, 11) is 0. The van der Waals surface area contributed by atoms with Gasteiger partial charge in [-0.1, -0.05) is 26.2 Å². The Balaban J connectivity index is 1.94. The molecule has 1 aliphatic heterocycles. The second kappa shape index (κ2) is 4.43. The Morgan fingerprint density at radius 2 is 1.93 bits per heavy atom. The molecule has 2 rings (SSSR count). The molecule has 0 amide bonds. The van der Waals surface area contributed by atoms with Crippen molar-refractivity contribution in [2.24, 2.45) is 11.8 Å². The SMILES string of the molecule is CC1CCCC[C@@H]1C(=O)[C@@H]1CCCN1. The molecule has 1 N–H and O–H groups in total. The normalized spacial score (nSPS) is 38.5. The smallest absolute Gasteiger partial charge is 0.153 e. The molecule has 80 valence electrons. The average molecular weight is 195 g/mol. The number of carbonyl (C=O) groups excluding carboxylic acids is 1. The molecule has 0 aromatic rings. The Morgan fingerprint density at radius 1 is 1.14 bits per heavy atom. The molecule has 2 fully saturated rings. The number of hydrogen-bond donors (Lipinski definition) is 1. The first-order chi connectivity index (χ1) is 6.79. The Morgan fingerprint density at radius 3 is 2.57 bits per heavy atom. The first-order valence-corrected chi connectivity index (χ1v) is 6.06. The third-order valence-electron chi connectivity index (χ3n) is 3.88. The fourth-order valence-corrected chi connectivity index (χ4v) is 2.92. The Labute approximate surface area is 86.5 Å². The summed E-state index contributed by atoms with van der Waals surface area (Å²) in [6.07, 6.45) is 7.22. The highest BCUT2D eigenvalue weighted by Gasteiger charge is 2.33. The first kappa shape index (κ1) is 10.2. The van der Waals surface area contributed by atoms with Crippen molar-refractivity contribution in [2.75, 3.05) is 6.54 Å². The van der Waals surface area contributed by atoms with E-state index in [0.29, 0.717) is 17.6 Å². The van der Waals surface area contributed by atoms with Gasteiger partial charge in [0.25, 0.3) is 0 Å². The van der Waals surface area contributed by atoms with Crippen LogP contribution in [0, 0.1) is 11.8 Å². The molecule has 1 saturated carbocycles. The third kappa shape index (κ3) is 2.00. The third-order valence-corrected chi connectivity index (χ3v) is 3.88. The molecule has 0 aromatic carbocycles. The average Bonchev–Trinajstić information content (AvgIpc) is 2.70. The molecule has 2 aliphatic rings. The number of ketones is 1. The second-order valence-corrected chi connectivity index (χ2v) is 4.92. The van der Waals surface area contributed by atoms with Gasteiger partial charge in [0, 0.05) is 5.92 Å². The van der Waals surface area contributed by atoms with E-state index < -0.39 is 0 Å². The summed E-state index contributed by atoms with van der Waals surface area (Å²) < 4.78 is 0. The lowest BCUT2D eigenvalue weighted by atomic mass is 9.76. The summed E-state index contributed by atoms with van der Waals surface area (Å²) in [5.74, 6) is 1.49. The lowest BCUT2D eigenvalue weighted by molar-refractivity contribution is -0.127. The predicted molar refractivity (Wildman–Crippen MR) is 57.2 cm³/mol. The van der Waals surface area contributed by atoms with E-state index in [1.807, 2.05) is 0 Å². The van der Waals surface area contributed by atoms with Crippen LogP contribution in [-0.2, 0) is 4.79 Å². The van der Waals surface area contributed by atoms with Crippen molar-refractivity contribution < 1.29 is 4.79 Å². The van der Waals surface area contributed by atoms with Gasteiger partial charge in [-0.2, -0.15) is 0 Å². The van der Waals surface area contributed by atoms with E-state index in [2.05, 4.69) is 12.2 Å². The van der Waals surface area contributed by atoms with E-state index >= 15 is 0 Å². The molecule has 14 heavy (non-hydrogen) atoms. The van der Waals surface area contributed by atoms with Crippen LogP contribution in [0.3, 0.4) is 0 Å². The zero-order chi connectivity index (χ0) is 9.97. The summed E-state index contributed by atoms with van der Waals surface area (Å²) in [5.41, 5.74) is 0. The molecule has 0 spiro atoms. The molecule has 0 aromatic heterocycles. The molecule has 2 nitrogen and oxygen atoms in total. The van der Waals surface area contributed by atoms with E-state index in [0.717, 1.165) is 19.4 Å². The van der Waals surface area contributed by atoms with Crippen molar-refractivity contribution in [3.05, 3.63) is 0 Å². The van der Waals surface area contributed by atoms with Crippen molar-refractivity contribution in [3.8, 4) is 0 Å². The van der Waals surface area contributed by atoms with Gasteiger partial charge in [-0.15, -0.1) is 0 Å². The standard InChI is InChI=1S/C12H21NO/c1-9-5-2-3-6-10(9)12(14)11-7-4-8-13-11/h9-11,13H,2-8H2,1H3/t9?,10-,11-/m0/s1. The zero-order valence-electron chi connectivity index (χ0n) is 9.09. The van der Waals surface area contributed by atoms with Crippen LogP contribution in [0.2, 0.25) is 0 Å². The fraction of sp³-hybridized carbons (Fsp3) is 0.917. The van der Waals surface area contributed by atoms with Crippen LogP contribution in [0.5, 0.6) is 0 Å². The molecular weight excluding hydrogens is 174 g/mol. The fourth-order valence-electron chi connectivity index (χ4n) is 2.92. The van der Waals surface area contributed by atoms with Crippen LogP contribution >= 0.6 is 0 Å². The maximum Gasteiger partial charge on any atom is 0.153 e. The highest BCUT2D eigenvalue weighted by molar-refractivity contribution is 5.86. The van der Waals surface area contributed by atoms with Gasteiger partial charge in [0.05, 0.1) is 6.04 Å². The maximum atomic E-state index is 12.1. The number of rotatable bonds is 2. The number of Topliss-reactive ketones (excluding diaryl/α,β-unsaturated/α-hetero) is 1. The Kier molecular flexibility index (Phi) is 3.22. The monoisotopic (exact) mass is 195 g/mol. The Bertz CT molecular complexity index is 208. The van der Waals surface area contributed by atoms with Gasteiger partial charge in [-0.25, -0.2) is 0 Å². The maximum absolute atomic E-state index is 12.1. The van der Waals surface area contributed by atoms with E-state index in [1.54, 1.807) is 0 Å². The summed E-state index contributed by atoms with van der Waals surface area (Å²) in [6.45, 7) is 3.29. The van der Waals surface area contributed by atoms with Crippen molar-refractivity contribution >= 4 is 5.78 Å². The lowest BCUT2D eigenvalue weighted by Gasteiger charge is -2.29. The predicted octanol–water partition coefficient (Wildman–Crippen LogP) is 2.13. The lowest BCUT2D eigenvalue weighted by Crippen LogP contribution is -2.39. The van der Waals surface area contributed by atoms with Gasteiger partial charge in [0.2, 0.25) is 0 Å². The molecule has 1 unspecified atom stereocenters. The number of hydrogen-bond acceptors (Lipinski definition) is 2. The highest BCUT2D eigenvalue weighted by atomic mass is 16.1. The molecule has 1 saturated heterocycles. The molecule has 3 atom stereocenters. The van der Waals surface area contributed by atoms with Gasteiger partial charge in [-0.05, 0) is 31.7 Å². The van der Waals surface area contributed by atoms with Gasteiger partial charge in [0.15, 0.2) is 5.78 Å². The number of nitrogens with one attached hydrogen (secondary N) is 1. The minimum atomic E-state index is 0.195. The molecule has 0 bridgehead atoms. The zero-order valence-corrected chi connectivity index (χ0v) is 9.09. The van der Waals surface area contributed by atoms with Gasteiger partial charge >= 0.3 is 0 Å². The van der Waals surface area contributed by atoms with Crippen molar-refractivity contribution in [1.29, 1.82) is 0 Å². The van der Waals surface area contributed by atoms with Crippen LogP contribution in [0.25, 0.3) is 0 Å². The highest BCUT2D eigenvalue weighted by Crippen LogP contribution is 2.31. The minimum absolute atomic E-state index is 0.195. The summed E-state index contributed by atoms with van der Waals surface area (Å²) in [4.78, 5) is 12.1. The summed E-state index contributed by atoms with van der Waals surface area (Å²) in [6, 6.07) is 0.195. The van der Waals surface area contributed by atoms with Gasteiger partial charge < -0.3 is 5.32 Å². The van der Waals surface area contributed by atoms with Gasteiger partial charge in [-0.3, -0.25) is 4.79 Å². The van der Waals surface area contributed by atoms with Crippen LogP contribution in [-0.4, -0.2) is 18.4 Å². The summed E-state index contributed by atoms with van der Waals surface area (Å²) in [5, 5.41) is 3.32.